The molecule has 0 amide bonds. The van der Waals surface area contributed by atoms with Crippen molar-refractivity contribution >= 4 is 27.4 Å². The highest BCUT2D eigenvalue weighted by atomic mass is 32.1. The molecule has 4 rings (SSSR count). The van der Waals surface area contributed by atoms with Crippen molar-refractivity contribution < 1.29 is 5.11 Å². The number of aromatic hydroxyl groups is 1. The zero-order valence-corrected chi connectivity index (χ0v) is 15.7. The van der Waals surface area contributed by atoms with Crippen LogP contribution in [0.5, 0.6) is 5.75 Å². The standard InChI is InChI=1S/C21H19N3OS/c1-13-10-14(15-5-9-20(22-12-15)24(2)3)4-7-17(13)21-23-18-8-6-16(25)11-19(18)26-21/h4-12,25H,1-3H3. The summed E-state index contributed by atoms with van der Waals surface area (Å²) in [6, 6.07) is 15.8. The van der Waals surface area contributed by atoms with Crippen LogP contribution in [0.3, 0.4) is 0 Å². The Balaban J connectivity index is 1.70. The van der Waals surface area contributed by atoms with Gasteiger partial charge in [0.15, 0.2) is 0 Å². The Labute approximate surface area is 156 Å². The number of aromatic nitrogens is 2. The fraction of sp³-hybridized carbons (Fsp3) is 0.143. The number of hydrogen-bond donors (Lipinski definition) is 1. The summed E-state index contributed by atoms with van der Waals surface area (Å²) < 4.78 is 0.993. The Morgan fingerprint density at radius 2 is 1.77 bits per heavy atom. The molecule has 5 heteroatoms. The van der Waals surface area contributed by atoms with Gasteiger partial charge in [0.1, 0.15) is 16.6 Å². The van der Waals surface area contributed by atoms with E-state index in [2.05, 4.69) is 36.2 Å². The van der Waals surface area contributed by atoms with Crippen molar-refractivity contribution in [1.29, 1.82) is 0 Å². The van der Waals surface area contributed by atoms with Crippen molar-refractivity contribution in [3.8, 4) is 27.4 Å². The number of thiazole rings is 1. The number of phenols is 1. The average Bonchev–Trinajstić information content (AvgIpc) is 3.04. The van der Waals surface area contributed by atoms with Gasteiger partial charge in [0.05, 0.1) is 10.2 Å². The van der Waals surface area contributed by atoms with Gasteiger partial charge in [0.2, 0.25) is 0 Å². The average molecular weight is 361 g/mol. The van der Waals surface area contributed by atoms with Gasteiger partial charge in [-0.15, -0.1) is 11.3 Å². The topological polar surface area (TPSA) is 49.2 Å². The Hall–Kier alpha value is -2.92. The minimum atomic E-state index is 0.272. The summed E-state index contributed by atoms with van der Waals surface area (Å²) in [4.78, 5) is 11.2. The van der Waals surface area contributed by atoms with E-state index in [9.17, 15) is 5.11 Å². The summed E-state index contributed by atoms with van der Waals surface area (Å²) in [6.07, 6.45) is 1.91. The van der Waals surface area contributed by atoms with E-state index in [1.54, 1.807) is 23.5 Å². The minimum absolute atomic E-state index is 0.272. The molecule has 1 N–H and O–H groups in total. The second kappa shape index (κ2) is 6.42. The molecule has 130 valence electrons. The van der Waals surface area contributed by atoms with Gasteiger partial charge in [-0.3, -0.25) is 0 Å². The van der Waals surface area contributed by atoms with Gasteiger partial charge >= 0.3 is 0 Å². The summed E-state index contributed by atoms with van der Waals surface area (Å²) in [6.45, 7) is 2.10. The van der Waals surface area contributed by atoms with Crippen LogP contribution in [0.4, 0.5) is 5.82 Å². The largest absolute Gasteiger partial charge is 0.508 e. The fourth-order valence-electron chi connectivity index (χ4n) is 2.93. The van der Waals surface area contributed by atoms with Gasteiger partial charge in [-0.25, -0.2) is 9.97 Å². The molecule has 0 atom stereocenters. The molecule has 0 aliphatic rings. The molecule has 0 radical (unpaired) electrons. The maximum Gasteiger partial charge on any atom is 0.127 e. The number of aryl methyl sites for hydroxylation is 1. The molecule has 0 aliphatic heterocycles. The summed E-state index contributed by atoms with van der Waals surface area (Å²) in [7, 11) is 3.97. The molecule has 26 heavy (non-hydrogen) atoms. The highest BCUT2D eigenvalue weighted by molar-refractivity contribution is 7.21. The van der Waals surface area contributed by atoms with Gasteiger partial charge in [0.25, 0.3) is 0 Å². The zero-order valence-electron chi connectivity index (χ0n) is 14.9. The maximum atomic E-state index is 9.65. The third-order valence-corrected chi connectivity index (χ3v) is 5.42. The van der Waals surface area contributed by atoms with Crippen molar-refractivity contribution in [3.63, 3.8) is 0 Å². The highest BCUT2D eigenvalue weighted by Gasteiger charge is 2.11. The van der Waals surface area contributed by atoms with Gasteiger partial charge in [-0.05, 0) is 48.4 Å². The number of fused-ring (bicyclic) bond motifs is 1. The number of pyridine rings is 1. The number of anilines is 1. The molecule has 2 aromatic carbocycles. The van der Waals surface area contributed by atoms with Crippen LogP contribution >= 0.6 is 11.3 Å². The van der Waals surface area contributed by atoms with Crippen LogP contribution in [0.25, 0.3) is 31.9 Å². The first-order chi connectivity index (χ1) is 12.5. The fourth-order valence-corrected chi connectivity index (χ4v) is 4.02. The van der Waals surface area contributed by atoms with Gasteiger partial charge < -0.3 is 10.0 Å². The van der Waals surface area contributed by atoms with E-state index < -0.39 is 0 Å². The molecule has 0 aliphatic carbocycles. The molecule has 4 aromatic rings. The first-order valence-corrected chi connectivity index (χ1v) is 9.17. The SMILES string of the molecule is Cc1cc(-c2ccc(N(C)C)nc2)ccc1-c1nc2ccc(O)cc2s1. The van der Waals surface area contributed by atoms with Crippen molar-refractivity contribution in [2.45, 2.75) is 6.92 Å². The highest BCUT2D eigenvalue weighted by Crippen LogP contribution is 2.35. The Morgan fingerprint density at radius 1 is 0.962 bits per heavy atom. The van der Waals surface area contributed by atoms with Crippen molar-refractivity contribution in [3.05, 3.63) is 60.3 Å². The Bertz CT molecular complexity index is 1080. The van der Waals surface area contributed by atoms with Crippen molar-refractivity contribution in [2.24, 2.45) is 0 Å². The molecular weight excluding hydrogens is 342 g/mol. The van der Waals surface area contributed by atoms with Crippen LogP contribution in [0, 0.1) is 6.92 Å². The Morgan fingerprint density at radius 3 is 2.46 bits per heavy atom. The van der Waals surface area contributed by atoms with Crippen LogP contribution in [-0.4, -0.2) is 29.2 Å². The predicted octanol–water partition coefficient (Wildman–Crippen LogP) is 5.11. The number of benzene rings is 2. The molecule has 0 saturated carbocycles. The van der Waals surface area contributed by atoms with Gasteiger partial charge in [-0.1, -0.05) is 18.2 Å². The quantitative estimate of drug-likeness (QED) is 0.551. The van der Waals surface area contributed by atoms with Gasteiger partial charge in [-0.2, -0.15) is 0 Å². The smallest absolute Gasteiger partial charge is 0.127 e. The molecule has 0 spiro atoms. The van der Waals surface area contributed by atoms with E-state index in [-0.39, 0.29) is 5.75 Å². The molecule has 0 fully saturated rings. The molecule has 4 nitrogen and oxygen atoms in total. The molecular formula is C21H19N3OS. The van der Waals surface area contributed by atoms with E-state index in [1.807, 2.05) is 37.3 Å². The molecule has 0 saturated heterocycles. The number of rotatable bonds is 3. The summed E-state index contributed by atoms with van der Waals surface area (Å²) in [5.74, 6) is 1.22. The lowest BCUT2D eigenvalue weighted by Gasteiger charge is -2.12. The molecule has 2 heterocycles. The van der Waals surface area contributed by atoms with E-state index in [1.165, 1.54) is 5.56 Å². The molecule has 0 unspecified atom stereocenters. The van der Waals surface area contributed by atoms with E-state index >= 15 is 0 Å². The zero-order chi connectivity index (χ0) is 18.3. The second-order valence-corrected chi connectivity index (χ2v) is 7.53. The van der Waals surface area contributed by atoms with Crippen molar-refractivity contribution in [2.75, 3.05) is 19.0 Å². The van der Waals surface area contributed by atoms with Crippen LogP contribution < -0.4 is 4.90 Å². The molecule has 0 bridgehead atoms. The summed E-state index contributed by atoms with van der Waals surface area (Å²) >= 11 is 1.60. The Kier molecular flexibility index (Phi) is 4.09. The first-order valence-electron chi connectivity index (χ1n) is 8.35. The van der Waals surface area contributed by atoms with E-state index in [4.69, 9.17) is 4.98 Å². The van der Waals surface area contributed by atoms with E-state index in [0.29, 0.717) is 0 Å². The third kappa shape index (κ3) is 3.02. The van der Waals surface area contributed by atoms with E-state index in [0.717, 1.165) is 37.7 Å². The maximum absolute atomic E-state index is 9.65. The lowest BCUT2D eigenvalue weighted by atomic mass is 10.0. The predicted molar refractivity (Wildman–Crippen MR) is 109 cm³/mol. The number of nitrogens with zero attached hydrogens (tertiary/aromatic N) is 3. The monoisotopic (exact) mass is 361 g/mol. The normalized spacial score (nSPS) is 11.0. The first kappa shape index (κ1) is 16.5. The minimum Gasteiger partial charge on any atom is -0.508 e. The second-order valence-electron chi connectivity index (χ2n) is 6.50. The van der Waals surface area contributed by atoms with Crippen LogP contribution in [0.15, 0.2) is 54.7 Å². The summed E-state index contributed by atoms with van der Waals surface area (Å²) in [5.41, 5.74) is 5.44. The van der Waals surface area contributed by atoms with Crippen LogP contribution in [0.2, 0.25) is 0 Å². The van der Waals surface area contributed by atoms with Gasteiger partial charge in [0, 0.05) is 31.4 Å². The van der Waals surface area contributed by atoms with Crippen LogP contribution in [-0.2, 0) is 0 Å². The molecule has 2 aromatic heterocycles. The van der Waals surface area contributed by atoms with Crippen LogP contribution in [0.1, 0.15) is 5.56 Å². The van der Waals surface area contributed by atoms with Crippen molar-refractivity contribution in [1.82, 2.24) is 9.97 Å². The lowest BCUT2D eigenvalue weighted by molar-refractivity contribution is 0.476. The summed E-state index contributed by atoms with van der Waals surface area (Å²) in [5, 5.41) is 10.6. The number of hydrogen-bond acceptors (Lipinski definition) is 5. The lowest BCUT2D eigenvalue weighted by Crippen LogP contribution is -2.09. The third-order valence-electron chi connectivity index (χ3n) is 4.37. The number of phenolic OH excluding ortho intramolecular Hbond substituents is 1.